The molecule has 6 heteroatoms. The van der Waals surface area contributed by atoms with Crippen LogP contribution in [0.3, 0.4) is 0 Å². The van der Waals surface area contributed by atoms with E-state index in [9.17, 15) is 8.42 Å². The van der Waals surface area contributed by atoms with Crippen molar-refractivity contribution in [3.05, 3.63) is 0 Å². The highest BCUT2D eigenvalue weighted by molar-refractivity contribution is 7.90. The topological polar surface area (TPSA) is 67.4 Å². The third-order valence-corrected chi connectivity index (χ3v) is 5.46. The van der Waals surface area contributed by atoms with E-state index in [0.717, 1.165) is 32.2 Å². The molecule has 1 saturated heterocycles. The largest absolute Gasteiger partial charge is 0.378 e. The quantitative estimate of drug-likeness (QED) is 0.744. The SMILES string of the molecule is CCOC1CC(NS(=O)(=O)C2CCCNC2)C1. The predicted octanol–water partition coefficient (Wildman–Crippen LogP) is 0.225. The van der Waals surface area contributed by atoms with Gasteiger partial charge >= 0.3 is 0 Å². The lowest BCUT2D eigenvalue weighted by atomic mass is 9.90. The summed E-state index contributed by atoms with van der Waals surface area (Å²) < 4.78 is 32.3. The number of ether oxygens (including phenoxy) is 1. The maximum atomic E-state index is 12.1. The van der Waals surface area contributed by atoms with Gasteiger partial charge in [0.1, 0.15) is 0 Å². The number of rotatable bonds is 5. The fourth-order valence-electron chi connectivity index (χ4n) is 2.45. The van der Waals surface area contributed by atoms with Gasteiger partial charge in [0, 0.05) is 19.2 Å². The minimum atomic E-state index is -3.15. The third kappa shape index (κ3) is 3.40. The second kappa shape index (κ2) is 5.65. The van der Waals surface area contributed by atoms with E-state index in [4.69, 9.17) is 4.74 Å². The zero-order valence-electron chi connectivity index (χ0n) is 10.3. The normalized spacial score (nSPS) is 34.3. The van der Waals surface area contributed by atoms with Gasteiger partial charge in [0.05, 0.1) is 11.4 Å². The number of piperidine rings is 1. The van der Waals surface area contributed by atoms with Crippen LogP contribution in [0.25, 0.3) is 0 Å². The minimum Gasteiger partial charge on any atom is -0.378 e. The molecule has 0 bridgehead atoms. The predicted molar refractivity (Wildman–Crippen MR) is 66.4 cm³/mol. The van der Waals surface area contributed by atoms with Crippen molar-refractivity contribution in [2.75, 3.05) is 19.7 Å². The van der Waals surface area contributed by atoms with Crippen molar-refractivity contribution in [2.45, 2.75) is 50.0 Å². The van der Waals surface area contributed by atoms with Gasteiger partial charge in [-0.25, -0.2) is 13.1 Å². The van der Waals surface area contributed by atoms with Gasteiger partial charge in [-0.2, -0.15) is 0 Å². The highest BCUT2D eigenvalue weighted by Crippen LogP contribution is 2.25. The Balaban J connectivity index is 1.78. The van der Waals surface area contributed by atoms with Gasteiger partial charge in [0.2, 0.25) is 10.0 Å². The first-order valence-corrected chi connectivity index (χ1v) is 8.00. The Labute approximate surface area is 103 Å². The van der Waals surface area contributed by atoms with E-state index in [0.29, 0.717) is 13.2 Å². The molecule has 2 rings (SSSR count). The Bertz CT molecular complexity index is 333. The summed E-state index contributed by atoms with van der Waals surface area (Å²) in [5.74, 6) is 0. The third-order valence-electron chi connectivity index (χ3n) is 3.52. The fraction of sp³-hybridized carbons (Fsp3) is 1.00. The van der Waals surface area contributed by atoms with Gasteiger partial charge in [-0.3, -0.25) is 0 Å². The van der Waals surface area contributed by atoms with Crippen molar-refractivity contribution in [2.24, 2.45) is 0 Å². The molecule has 0 spiro atoms. The molecule has 1 atom stereocenters. The Morgan fingerprint density at radius 2 is 2.18 bits per heavy atom. The Morgan fingerprint density at radius 3 is 2.76 bits per heavy atom. The molecular weight excluding hydrogens is 240 g/mol. The van der Waals surface area contributed by atoms with Crippen molar-refractivity contribution in [3.8, 4) is 0 Å². The summed E-state index contributed by atoms with van der Waals surface area (Å²) in [6.07, 6.45) is 3.58. The molecule has 0 aromatic heterocycles. The van der Waals surface area contributed by atoms with Gasteiger partial charge in [0.25, 0.3) is 0 Å². The summed E-state index contributed by atoms with van der Waals surface area (Å²) in [6, 6.07) is 0.0819. The summed E-state index contributed by atoms with van der Waals surface area (Å²) in [7, 11) is -3.15. The van der Waals surface area contributed by atoms with E-state index in [-0.39, 0.29) is 17.4 Å². The first-order chi connectivity index (χ1) is 8.12. The molecular formula is C11H22N2O3S. The van der Waals surface area contributed by atoms with E-state index in [2.05, 4.69) is 10.0 Å². The van der Waals surface area contributed by atoms with Crippen LogP contribution < -0.4 is 10.0 Å². The Morgan fingerprint density at radius 1 is 1.41 bits per heavy atom. The van der Waals surface area contributed by atoms with E-state index >= 15 is 0 Å². The van der Waals surface area contributed by atoms with Crippen LogP contribution in [-0.2, 0) is 14.8 Å². The second-order valence-corrected chi connectivity index (χ2v) is 6.87. The smallest absolute Gasteiger partial charge is 0.215 e. The lowest BCUT2D eigenvalue weighted by molar-refractivity contribution is -0.00482. The van der Waals surface area contributed by atoms with Crippen LogP contribution in [0.15, 0.2) is 0 Å². The van der Waals surface area contributed by atoms with Gasteiger partial charge in [-0.05, 0) is 39.2 Å². The average Bonchev–Trinajstić information content (AvgIpc) is 2.27. The summed E-state index contributed by atoms with van der Waals surface area (Å²) in [4.78, 5) is 0. The maximum absolute atomic E-state index is 12.1. The molecule has 5 nitrogen and oxygen atoms in total. The summed E-state index contributed by atoms with van der Waals surface area (Å²) in [5, 5.41) is 2.87. The first-order valence-electron chi connectivity index (χ1n) is 6.45. The molecule has 1 aliphatic carbocycles. The molecule has 1 heterocycles. The fourth-order valence-corrected chi connectivity index (χ4v) is 4.11. The average molecular weight is 262 g/mol. The standard InChI is InChI=1S/C11H22N2O3S/c1-2-16-10-6-9(7-10)13-17(14,15)11-4-3-5-12-8-11/h9-13H,2-8H2,1H3. The zero-order chi connectivity index (χ0) is 12.3. The number of hydrogen-bond acceptors (Lipinski definition) is 4. The summed E-state index contributed by atoms with van der Waals surface area (Å²) in [5.41, 5.74) is 0. The van der Waals surface area contributed by atoms with Crippen molar-refractivity contribution in [1.82, 2.24) is 10.0 Å². The monoisotopic (exact) mass is 262 g/mol. The molecule has 0 aromatic rings. The molecule has 0 amide bonds. The van der Waals surface area contributed by atoms with E-state index in [1.165, 1.54) is 0 Å². The molecule has 100 valence electrons. The van der Waals surface area contributed by atoms with Crippen molar-refractivity contribution < 1.29 is 13.2 Å². The van der Waals surface area contributed by atoms with Crippen LogP contribution in [-0.4, -0.2) is 45.5 Å². The number of hydrogen-bond donors (Lipinski definition) is 2. The lowest BCUT2D eigenvalue weighted by Crippen LogP contribution is -2.52. The number of sulfonamides is 1. The number of nitrogens with one attached hydrogen (secondary N) is 2. The zero-order valence-corrected chi connectivity index (χ0v) is 11.1. The Hall–Kier alpha value is -0.170. The van der Waals surface area contributed by atoms with Crippen molar-refractivity contribution >= 4 is 10.0 Å². The van der Waals surface area contributed by atoms with Crippen molar-refractivity contribution in [3.63, 3.8) is 0 Å². The molecule has 2 aliphatic rings. The Kier molecular flexibility index (Phi) is 4.41. The first kappa shape index (κ1) is 13.3. The van der Waals surface area contributed by atoms with E-state index < -0.39 is 10.0 Å². The van der Waals surface area contributed by atoms with E-state index in [1.54, 1.807) is 0 Å². The molecule has 1 aliphatic heterocycles. The molecule has 1 saturated carbocycles. The van der Waals surface area contributed by atoms with Crippen LogP contribution in [0.4, 0.5) is 0 Å². The minimum absolute atomic E-state index is 0.0819. The highest BCUT2D eigenvalue weighted by Gasteiger charge is 2.35. The van der Waals surface area contributed by atoms with Crippen LogP contribution in [0.1, 0.15) is 32.6 Å². The second-order valence-electron chi connectivity index (χ2n) is 4.88. The van der Waals surface area contributed by atoms with Crippen LogP contribution in [0, 0.1) is 0 Å². The highest BCUT2D eigenvalue weighted by atomic mass is 32.2. The molecule has 0 aromatic carbocycles. The van der Waals surface area contributed by atoms with Gasteiger partial charge < -0.3 is 10.1 Å². The molecule has 2 fully saturated rings. The summed E-state index contributed by atoms with van der Waals surface area (Å²) in [6.45, 7) is 4.18. The molecule has 1 unspecified atom stereocenters. The molecule has 17 heavy (non-hydrogen) atoms. The maximum Gasteiger partial charge on any atom is 0.215 e. The van der Waals surface area contributed by atoms with Gasteiger partial charge in [-0.1, -0.05) is 0 Å². The molecule has 0 radical (unpaired) electrons. The lowest BCUT2D eigenvalue weighted by Gasteiger charge is -2.36. The van der Waals surface area contributed by atoms with Crippen LogP contribution in [0.5, 0.6) is 0 Å². The molecule has 2 N–H and O–H groups in total. The van der Waals surface area contributed by atoms with E-state index in [1.807, 2.05) is 6.92 Å². The summed E-state index contributed by atoms with van der Waals surface area (Å²) >= 11 is 0. The van der Waals surface area contributed by atoms with Crippen molar-refractivity contribution in [1.29, 1.82) is 0 Å². The van der Waals surface area contributed by atoms with Gasteiger partial charge in [-0.15, -0.1) is 0 Å². The van der Waals surface area contributed by atoms with Crippen LogP contribution >= 0.6 is 0 Å². The van der Waals surface area contributed by atoms with Crippen LogP contribution in [0.2, 0.25) is 0 Å². The van der Waals surface area contributed by atoms with Gasteiger partial charge in [0.15, 0.2) is 0 Å².